The number of methoxy groups -OCH3 is 2. The first kappa shape index (κ1) is 21.3. The van der Waals surface area contributed by atoms with E-state index in [1.807, 2.05) is 18.2 Å². The Morgan fingerprint density at radius 1 is 0.900 bits per heavy atom. The quantitative estimate of drug-likeness (QED) is 0.671. The summed E-state index contributed by atoms with van der Waals surface area (Å²) in [6, 6.07) is 13.2. The van der Waals surface area contributed by atoms with Gasteiger partial charge in [-0.3, -0.25) is 4.79 Å². The van der Waals surface area contributed by atoms with Crippen LogP contribution in [0.1, 0.15) is 32.4 Å². The van der Waals surface area contributed by atoms with E-state index < -0.39 is 18.0 Å². The largest absolute Gasteiger partial charge is 0.476 e. The van der Waals surface area contributed by atoms with Crippen LogP contribution in [-0.2, 0) is 19.0 Å². The van der Waals surface area contributed by atoms with Gasteiger partial charge in [-0.05, 0) is 18.2 Å². The van der Waals surface area contributed by atoms with E-state index in [1.165, 1.54) is 32.4 Å². The van der Waals surface area contributed by atoms with Crippen LogP contribution in [0.15, 0.2) is 48.5 Å². The summed E-state index contributed by atoms with van der Waals surface area (Å²) in [7, 11) is 2.48. The summed E-state index contributed by atoms with van der Waals surface area (Å²) in [5, 5.41) is 0. The molecule has 0 unspecified atom stereocenters. The maximum atomic E-state index is 13.2. The number of rotatable bonds is 6. The Morgan fingerprint density at radius 2 is 1.47 bits per heavy atom. The molecule has 2 aromatic rings. The zero-order chi connectivity index (χ0) is 21.5. The zero-order valence-electron chi connectivity index (χ0n) is 16.8. The lowest BCUT2D eigenvalue weighted by atomic mass is 10.1. The molecule has 0 aromatic heterocycles. The van der Waals surface area contributed by atoms with Gasteiger partial charge in [0.25, 0.3) is 5.91 Å². The molecule has 0 bridgehead atoms. The zero-order valence-corrected chi connectivity index (χ0v) is 16.8. The Balaban J connectivity index is 1.98. The fourth-order valence-electron chi connectivity index (χ4n) is 3.11. The van der Waals surface area contributed by atoms with Gasteiger partial charge in [-0.15, -0.1) is 0 Å². The van der Waals surface area contributed by atoms with Crippen molar-refractivity contribution in [3.63, 3.8) is 0 Å². The minimum Gasteiger partial charge on any atom is -0.476 e. The van der Waals surface area contributed by atoms with Crippen molar-refractivity contribution in [2.75, 3.05) is 40.5 Å². The van der Waals surface area contributed by atoms with Gasteiger partial charge in [0.2, 0.25) is 6.10 Å². The van der Waals surface area contributed by atoms with E-state index in [-0.39, 0.29) is 22.8 Å². The first-order chi connectivity index (χ1) is 14.5. The van der Waals surface area contributed by atoms with Gasteiger partial charge in [0.1, 0.15) is 5.75 Å². The Hall–Kier alpha value is -3.39. The molecule has 3 rings (SSSR count). The summed E-state index contributed by atoms with van der Waals surface area (Å²) in [6.07, 6.45) is -0.956. The minimum atomic E-state index is -0.956. The molecule has 1 fully saturated rings. The number of benzene rings is 2. The molecule has 30 heavy (non-hydrogen) atoms. The first-order valence-electron chi connectivity index (χ1n) is 9.43. The van der Waals surface area contributed by atoms with Crippen molar-refractivity contribution in [3.8, 4) is 5.75 Å². The van der Waals surface area contributed by atoms with Gasteiger partial charge < -0.3 is 23.8 Å². The number of hydrogen-bond donors (Lipinski definition) is 0. The SMILES string of the molecule is COC(=O)c1cc(O[C@@H](C(=O)N2CCOCC2)c2ccccc2)cc(C(=O)OC)c1. The highest BCUT2D eigenvalue weighted by Gasteiger charge is 2.29. The molecule has 1 atom stereocenters. The Bertz CT molecular complexity index is 873. The molecule has 1 aliphatic heterocycles. The topological polar surface area (TPSA) is 91.4 Å². The summed E-state index contributed by atoms with van der Waals surface area (Å²) in [6.45, 7) is 1.83. The van der Waals surface area contributed by atoms with E-state index in [0.717, 1.165) is 0 Å². The molecular formula is C22H23NO7. The predicted octanol–water partition coefficient (Wildman–Crippen LogP) is 2.24. The molecule has 0 aliphatic carbocycles. The van der Waals surface area contributed by atoms with Crippen molar-refractivity contribution in [2.24, 2.45) is 0 Å². The second-order valence-electron chi connectivity index (χ2n) is 6.58. The van der Waals surface area contributed by atoms with Crippen LogP contribution in [0.5, 0.6) is 5.75 Å². The first-order valence-corrected chi connectivity index (χ1v) is 9.43. The summed E-state index contributed by atoms with van der Waals surface area (Å²) < 4.78 is 20.9. The van der Waals surface area contributed by atoms with Gasteiger partial charge in [0, 0.05) is 18.7 Å². The predicted molar refractivity (Wildman–Crippen MR) is 106 cm³/mol. The number of nitrogens with zero attached hydrogens (tertiary/aromatic N) is 1. The van der Waals surface area contributed by atoms with E-state index >= 15 is 0 Å². The molecular weight excluding hydrogens is 390 g/mol. The lowest BCUT2D eigenvalue weighted by Gasteiger charge is -2.30. The lowest BCUT2D eigenvalue weighted by Crippen LogP contribution is -2.44. The monoisotopic (exact) mass is 413 g/mol. The third kappa shape index (κ3) is 4.96. The highest BCUT2D eigenvalue weighted by molar-refractivity contribution is 5.96. The van der Waals surface area contributed by atoms with Crippen LogP contribution >= 0.6 is 0 Å². The summed E-state index contributed by atoms with van der Waals surface area (Å²) >= 11 is 0. The lowest BCUT2D eigenvalue weighted by molar-refractivity contribution is -0.143. The van der Waals surface area contributed by atoms with Gasteiger partial charge in [-0.2, -0.15) is 0 Å². The summed E-state index contributed by atoms with van der Waals surface area (Å²) in [5.74, 6) is -1.33. The van der Waals surface area contributed by atoms with Crippen LogP contribution < -0.4 is 4.74 Å². The van der Waals surface area contributed by atoms with Crippen LogP contribution in [-0.4, -0.2) is 63.3 Å². The van der Waals surface area contributed by atoms with Gasteiger partial charge in [-0.25, -0.2) is 9.59 Å². The van der Waals surface area contributed by atoms with E-state index in [2.05, 4.69) is 0 Å². The average Bonchev–Trinajstić information content (AvgIpc) is 2.81. The Morgan fingerprint density at radius 3 is 2.00 bits per heavy atom. The van der Waals surface area contributed by atoms with Crippen molar-refractivity contribution < 1.29 is 33.3 Å². The van der Waals surface area contributed by atoms with Gasteiger partial charge in [0.15, 0.2) is 0 Å². The molecule has 0 radical (unpaired) electrons. The van der Waals surface area contributed by atoms with E-state index in [4.69, 9.17) is 18.9 Å². The van der Waals surface area contributed by atoms with Gasteiger partial charge in [0.05, 0.1) is 38.6 Å². The molecule has 1 amide bonds. The number of ether oxygens (including phenoxy) is 4. The number of morpholine rings is 1. The summed E-state index contributed by atoms with van der Waals surface area (Å²) in [4.78, 5) is 39.0. The molecule has 8 nitrogen and oxygen atoms in total. The van der Waals surface area contributed by atoms with E-state index in [9.17, 15) is 14.4 Å². The van der Waals surface area contributed by atoms with Crippen LogP contribution in [0.4, 0.5) is 0 Å². The van der Waals surface area contributed by atoms with Crippen molar-refractivity contribution >= 4 is 17.8 Å². The van der Waals surface area contributed by atoms with E-state index in [0.29, 0.717) is 31.9 Å². The second-order valence-corrected chi connectivity index (χ2v) is 6.58. The van der Waals surface area contributed by atoms with Gasteiger partial charge in [-0.1, -0.05) is 30.3 Å². The third-order valence-corrected chi connectivity index (χ3v) is 4.65. The van der Waals surface area contributed by atoms with Gasteiger partial charge >= 0.3 is 11.9 Å². The van der Waals surface area contributed by atoms with Crippen molar-refractivity contribution in [1.29, 1.82) is 0 Å². The number of esters is 2. The van der Waals surface area contributed by atoms with Crippen LogP contribution in [0.25, 0.3) is 0 Å². The number of hydrogen-bond acceptors (Lipinski definition) is 7. The van der Waals surface area contributed by atoms with E-state index in [1.54, 1.807) is 17.0 Å². The second kappa shape index (κ2) is 9.89. The highest BCUT2D eigenvalue weighted by Crippen LogP contribution is 2.27. The fraction of sp³-hybridized carbons (Fsp3) is 0.318. The van der Waals surface area contributed by atoms with Crippen molar-refractivity contribution in [2.45, 2.75) is 6.10 Å². The maximum absolute atomic E-state index is 13.2. The molecule has 1 saturated heterocycles. The Labute approximate surface area is 174 Å². The standard InChI is InChI=1S/C22H23NO7/c1-27-21(25)16-12-17(22(26)28-2)14-18(13-16)30-19(15-6-4-3-5-7-15)20(24)23-8-10-29-11-9-23/h3-7,12-14,19H,8-11H2,1-2H3/t19-/m1/s1. The summed E-state index contributed by atoms with van der Waals surface area (Å²) in [5.41, 5.74) is 0.874. The maximum Gasteiger partial charge on any atom is 0.338 e. The van der Waals surface area contributed by atoms with Crippen LogP contribution in [0, 0.1) is 0 Å². The number of amides is 1. The Kier molecular flexibility index (Phi) is 7.03. The van der Waals surface area contributed by atoms with Crippen LogP contribution in [0.3, 0.4) is 0 Å². The molecule has 0 N–H and O–H groups in total. The third-order valence-electron chi connectivity index (χ3n) is 4.65. The normalized spacial score (nSPS) is 14.5. The molecule has 158 valence electrons. The molecule has 0 spiro atoms. The number of carbonyl (C=O) groups is 3. The smallest absolute Gasteiger partial charge is 0.338 e. The average molecular weight is 413 g/mol. The van der Waals surface area contributed by atoms with Crippen molar-refractivity contribution in [3.05, 3.63) is 65.2 Å². The number of carbonyl (C=O) groups excluding carboxylic acids is 3. The molecule has 1 heterocycles. The van der Waals surface area contributed by atoms with Crippen LogP contribution in [0.2, 0.25) is 0 Å². The molecule has 8 heteroatoms. The molecule has 2 aromatic carbocycles. The fourth-order valence-corrected chi connectivity index (χ4v) is 3.11. The molecule has 0 saturated carbocycles. The highest BCUT2D eigenvalue weighted by atomic mass is 16.5. The molecule has 1 aliphatic rings. The van der Waals surface area contributed by atoms with Crippen molar-refractivity contribution in [1.82, 2.24) is 4.90 Å². The minimum absolute atomic E-state index is 0.112.